The molecule has 2 atom stereocenters. The first-order valence-corrected chi connectivity index (χ1v) is 13.8. The highest BCUT2D eigenvalue weighted by Gasteiger charge is 2.56. The largest absolute Gasteiger partial charge is 0.507 e. The highest BCUT2D eigenvalue weighted by atomic mass is 32.2. The maximum Gasteiger partial charge on any atom is 0.249 e. The Kier molecular flexibility index (Phi) is 6.82. The van der Waals surface area contributed by atoms with Crippen molar-refractivity contribution >= 4 is 29.1 Å². The number of fused-ring (bicyclic) bond motifs is 3. The van der Waals surface area contributed by atoms with Gasteiger partial charge in [-0.1, -0.05) is 5.16 Å². The number of rotatable bonds is 8. The second-order valence-corrected chi connectivity index (χ2v) is 10.8. The van der Waals surface area contributed by atoms with Crippen molar-refractivity contribution in [1.29, 1.82) is 0 Å². The Morgan fingerprint density at radius 1 is 1.23 bits per heavy atom. The molecule has 1 unspecified atom stereocenters. The van der Waals surface area contributed by atoms with Crippen LogP contribution in [0, 0.1) is 6.92 Å². The van der Waals surface area contributed by atoms with Gasteiger partial charge in [0.05, 0.1) is 17.4 Å². The van der Waals surface area contributed by atoms with Crippen LogP contribution in [0.3, 0.4) is 0 Å². The van der Waals surface area contributed by atoms with E-state index in [-0.39, 0.29) is 56.9 Å². The van der Waals surface area contributed by atoms with Crippen LogP contribution in [0.5, 0.6) is 17.2 Å². The summed E-state index contributed by atoms with van der Waals surface area (Å²) in [4.78, 5) is 44.2. The molecule has 0 bridgehead atoms. The lowest BCUT2D eigenvalue weighted by molar-refractivity contribution is -0.123. The van der Waals surface area contributed by atoms with Crippen molar-refractivity contribution in [2.75, 3.05) is 12.0 Å². The van der Waals surface area contributed by atoms with Crippen LogP contribution in [-0.4, -0.2) is 49.7 Å². The van der Waals surface area contributed by atoms with Gasteiger partial charge >= 0.3 is 0 Å². The fourth-order valence-corrected chi connectivity index (χ4v) is 5.54. The van der Waals surface area contributed by atoms with E-state index in [1.807, 2.05) is 6.26 Å². The van der Waals surface area contributed by atoms with Gasteiger partial charge in [-0.3, -0.25) is 14.4 Å². The standard InChI is InChI=1S/C28H27N3O8S/c1-12-22(34)20(14(3)32)24-21(23(12)35)28(4)18(38-24)11-16(33)19(25(28)36)13(2)29-15(8-10-40-5)27-30-26(31-39-27)17-7-6-9-37-17/h6-7,9,11,15,29,34-35H,8,10H2,1-5H3/b19-13+/t15?,28-/m1/s1. The number of carbonyl (C=O) groups excluding carboxylic acids is 3. The number of hydrogen-bond acceptors (Lipinski definition) is 12. The molecule has 0 radical (unpaired) electrons. The molecule has 0 amide bonds. The molecule has 3 heterocycles. The number of nitrogens with zero attached hydrogens (tertiary/aromatic N) is 2. The molecule has 11 nitrogen and oxygen atoms in total. The van der Waals surface area contributed by atoms with Crippen LogP contribution in [0.4, 0.5) is 0 Å². The van der Waals surface area contributed by atoms with E-state index < -0.39 is 34.6 Å². The zero-order valence-corrected chi connectivity index (χ0v) is 23.3. The van der Waals surface area contributed by atoms with Gasteiger partial charge in [-0.2, -0.15) is 16.7 Å². The molecule has 2 aliphatic rings. The Morgan fingerprint density at radius 3 is 2.62 bits per heavy atom. The Hall–Kier alpha value is -4.32. The third-order valence-electron chi connectivity index (χ3n) is 7.24. The average molecular weight is 566 g/mol. The van der Waals surface area contributed by atoms with Gasteiger partial charge in [-0.15, -0.1) is 0 Å². The highest BCUT2D eigenvalue weighted by Crippen LogP contribution is 2.57. The van der Waals surface area contributed by atoms with Gasteiger partial charge in [0.1, 0.15) is 40.0 Å². The van der Waals surface area contributed by atoms with Crippen molar-refractivity contribution in [3.63, 3.8) is 0 Å². The summed E-state index contributed by atoms with van der Waals surface area (Å²) in [5, 5.41) is 28.8. The van der Waals surface area contributed by atoms with Gasteiger partial charge in [-0.05, 0) is 58.3 Å². The zero-order chi connectivity index (χ0) is 28.9. The highest BCUT2D eigenvalue weighted by molar-refractivity contribution is 7.98. The topological polar surface area (TPSA) is 165 Å². The van der Waals surface area contributed by atoms with Crippen molar-refractivity contribution < 1.29 is 38.3 Å². The summed E-state index contributed by atoms with van der Waals surface area (Å²) < 4.78 is 16.7. The summed E-state index contributed by atoms with van der Waals surface area (Å²) >= 11 is 1.60. The lowest BCUT2D eigenvalue weighted by Gasteiger charge is -2.29. The number of furan rings is 1. The number of nitrogens with one attached hydrogen (secondary N) is 1. The minimum Gasteiger partial charge on any atom is -0.507 e. The quantitative estimate of drug-likeness (QED) is 0.202. The second kappa shape index (κ2) is 10.0. The van der Waals surface area contributed by atoms with E-state index >= 15 is 0 Å². The second-order valence-electron chi connectivity index (χ2n) is 9.80. The molecule has 3 aromatic rings. The van der Waals surface area contributed by atoms with E-state index in [1.165, 1.54) is 33.1 Å². The maximum atomic E-state index is 14.1. The molecule has 2 aromatic heterocycles. The smallest absolute Gasteiger partial charge is 0.249 e. The number of thioether (sulfide) groups is 1. The third-order valence-corrected chi connectivity index (χ3v) is 7.89. The Bertz CT molecular complexity index is 1620. The number of ether oxygens (including phenoxy) is 1. The van der Waals surface area contributed by atoms with Crippen LogP contribution in [0.25, 0.3) is 11.6 Å². The maximum absolute atomic E-state index is 14.1. The number of allylic oxidation sites excluding steroid dienone is 4. The lowest BCUT2D eigenvalue weighted by atomic mass is 9.70. The summed E-state index contributed by atoms with van der Waals surface area (Å²) in [6.07, 6.45) is 5.16. The molecule has 12 heteroatoms. The van der Waals surface area contributed by atoms with Gasteiger partial charge in [0, 0.05) is 17.3 Å². The van der Waals surface area contributed by atoms with Gasteiger partial charge in [0.2, 0.25) is 11.7 Å². The van der Waals surface area contributed by atoms with Crippen LogP contribution < -0.4 is 10.1 Å². The first-order valence-electron chi connectivity index (χ1n) is 12.4. The molecular formula is C28H27N3O8S. The van der Waals surface area contributed by atoms with Gasteiger partial charge in [-0.25, -0.2) is 0 Å². The summed E-state index contributed by atoms with van der Waals surface area (Å²) in [5.41, 5.74) is -1.59. The number of carbonyl (C=O) groups is 3. The first kappa shape index (κ1) is 27.3. The van der Waals surface area contributed by atoms with Gasteiger partial charge in [0.25, 0.3) is 0 Å². The number of hydrogen-bond donors (Lipinski definition) is 3. The van der Waals surface area contributed by atoms with Crippen LogP contribution in [0.1, 0.15) is 60.6 Å². The normalized spacial score (nSPS) is 20.0. The number of Topliss-reactive ketones (excluding diaryl/α,β-unsaturated/α-hetero) is 2. The van der Waals surface area contributed by atoms with Crippen LogP contribution in [0.15, 0.2) is 50.4 Å². The summed E-state index contributed by atoms with van der Waals surface area (Å²) in [6, 6.07) is 2.88. The predicted molar refractivity (Wildman–Crippen MR) is 144 cm³/mol. The minimum absolute atomic E-state index is 0.0287. The lowest BCUT2D eigenvalue weighted by Crippen LogP contribution is -2.41. The number of benzene rings is 1. The van der Waals surface area contributed by atoms with E-state index in [2.05, 4.69) is 15.5 Å². The van der Waals surface area contributed by atoms with Crippen molar-refractivity contribution in [3.05, 3.63) is 64.1 Å². The zero-order valence-electron chi connectivity index (χ0n) is 22.4. The van der Waals surface area contributed by atoms with Crippen LogP contribution in [-0.2, 0) is 15.0 Å². The van der Waals surface area contributed by atoms with Crippen molar-refractivity contribution in [2.45, 2.75) is 45.6 Å². The van der Waals surface area contributed by atoms with Crippen molar-refractivity contribution in [1.82, 2.24) is 15.5 Å². The molecule has 1 aromatic carbocycles. The number of ketones is 3. The van der Waals surface area contributed by atoms with E-state index in [9.17, 15) is 24.6 Å². The summed E-state index contributed by atoms with van der Waals surface area (Å²) in [5.74, 6) is -1.07. The van der Waals surface area contributed by atoms with Crippen LogP contribution >= 0.6 is 11.8 Å². The molecule has 3 N–H and O–H groups in total. The molecule has 40 heavy (non-hydrogen) atoms. The fourth-order valence-electron chi connectivity index (χ4n) is 5.07. The molecule has 5 rings (SSSR count). The van der Waals surface area contributed by atoms with Crippen molar-refractivity contribution in [2.24, 2.45) is 0 Å². The molecule has 1 aliphatic carbocycles. The monoisotopic (exact) mass is 565 g/mol. The number of phenols is 2. The first-order chi connectivity index (χ1) is 19.0. The molecule has 0 saturated heterocycles. The van der Waals surface area contributed by atoms with E-state index in [4.69, 9.17) is 13.7 Å². The van der Waals surface area contributed by atoms with Crippen molar-refractivity contribution in [3.8, 4) is 28.8 Å². The molecule has 0 fully saturated rings. The molecular weight excluding hydrogens is 538 g/mol. The Balaban J connectivity index is 1.57. The number of aromatic nitrogens is 2. The number of aromatic hydroxyl groups is 2. The molecule has 0 spiro atoms. The summed E-state index contributed by atoms with van der Waals surface area (Å²) in [6.45, 7) is 5.79. The third kappa shape index (κ3) is 4.10. The van der Waals surface area contributed by atoms with E-state index in [1.54, 1.807) is 30.8 Å². The Morgan fingerprint density at radius 2 is 1.98 bits per heavy atom. The molecule has 208 valence electrons. The summed E-state index contributed by atoms with van der Waals surface area (Å²) in [7, 11) is 0. The molecule has 0 saturated carbocycles. The Labute approximate surface area is 233 Å². The van der Waals surface area contributed by atoms with Gasteiger partial charge in [0.15, 0.2) is 23.1 Å². The fraction of sp³-hybridized carbons (Fsp3) is 0.321. The average Bonchev–Trinajstić information content (AvgIpc) is 3.65. The van der Waals surface area contributed by atoms with Crippen LogP contribution in [0.2, 0.25) is 0 Å². The SMILES string of the molecule is CSCCC(N/C(C)=C1\C(=O)C=C2Oc3c(C(C)=O)c(O)c(C)c(O)c3[C@]2(C)C1=O)c1nc(-c2ccco2)no1. The predicted octanol–water partition coefficient (Wildman–Crippen LogP) is 4.30. The molecule has 1 aliphatic heterocycles. The minimum atomic E-state index is -1.61. The van der Waals surface area contributed by atoms with E-state index in [0.29, 0.717) is 17.9 Å². The van der Waals surface area contributed by atoms with Gasteiger partial charge < -0.3 is 29.2 Å². The van der Waals surface area contributed by atoms with E-state index in [0.717, 1.165) is 0 Å². The number of phenolic OH excluding ortho intramolecular Hbond substituents is 2.